The maximum atomic E-state index is 12.7. The van der Waals surface area contributed by atoms with E-state index in [1.807, 2.05) is 0 Å². The lowest BCUT2D eigenvalue weighted by Gasteiger charge is -2.06. The summed E-state index contributed by atoms with van der Waals surface area (Å²) in [7, 11) is 1.77. The van der Waals surface area contributed by atoms with Crippen LogP contribution in [0.1, 0.15) is 28.6 Å². The summed E-state index contributed by atoms with van der Waals surface area (Å²) in [6.45, 7) is 1.76. The number of thiophene rings is 1. The van der Waals surface area contributed by atoms with Gasteiger partial charge in [0.05, 0.1) is 11.1 Å². The molecule has 0 bridgehead atoms. The van der Waals surface area contributed by atoms with Crippen molar-refractivity contribution in [2.75, 3.05) is 0 Å². The van der Waals surface area contributed by atoms with Crippen molar-refractivity contribution in [3.05, 3.63) is 32.6 Å². The van der Waals surface area contributed by atoms with Crippen molar-refractivity contribution in [2.24, 2.45) is 7.05 Å². The van der Waals surface area contributed by atoms with Gasteiger partial charge < -0.3 is 4.42 Å². The molecule has 3 heterocycles. The van der Waals surface area contributed by atoms with Gasteiger partial charge >= 0.3 is 0 Å². The summed E-state index contributed by atoms with van der Waals surface area (Å²) in [4.78, 5) is 19.5. The van der Waals surface area contributed by atoms with Crippen molar-refractivity contribution in [2.45, 2.75) is 37.1 Å². The third kappa shape index (κ3) is 2.17. The van der Waals surface area contributed by atoms with Gasteiger partial charge in [0.15, 0.2) is 5.16 Å². The minimum Gasteiger partial charge on any atom is -0.425 e. The Balaban J connectivity index is 1.72. The fourth-order valence-corrected chi connectivity index (χ4v) is 4.87. The van der Waals surface area contributed by atoms with Crippen LogP contribution in [0.5, 0.6) is 0 Å². The molecule has 1 aliphatic rings. The second kappa shape index (κ2) is 5.20. The number of rotatable bonds is 3. The SMILES string of the molecule is Cc1nnc(CSc2nc3sc4c(c3c(=O)n2C)CCC4)o1. The summed E-state index contributed by atoms with van der Waals surface area (Å²) in [5.41, 5.74) is 1.27. The van der Waals surface area contributed by atoms with E-state index in [9.17, 15) is 4.79 Å². The zero-order chi connectivity index (χ0) is 15.3. The average Bonchev–Trinajstić information content (AvgIpc) is 3.16. The Morgan fingerprint density at radius 1 is 1.36 bits per heavy atom. The zero-order valence-corrected chi connectivity index (χ0v) is 13.9. The Morgan fingerprint density at radius 2 is 2.23 bits per heavy atom. The Morgan fingerprint density at radius 3 is 3.00 bits per heavy atom. The Hall–Kier alpha value is -1.67. The zero-order valence-electron chi connectivity index (χ0n) is 12.3. The number of nitrogens with zero attached hydrogens (tertiary/aromatic N) is 4. The summed E-state index contributed by atoms with van der Waals surface area (Å²) >= 11 is 3.11. The van der Waals surface area contributed by atoms with Crippen molar-refractivity contribution in [3.63, 3.8) is 0 Å². The quantitative estimate of drug-likeness (QED) is 0.541. The highest BCUT2D eigenvalue weighted by molar-refractivity contribution is 7.98. The van der Waals surface area contributed by atoms with E-state index in [0.29, 0.717) is 22.7 Å². The molecule has 0 amide bonds. The Labute approximate surface area is 134 Å². The summed E-state index contributed by atoms with van der Waals surface area (Å²) in [5.74, 6) is 1.60. The lowest BCUT2D eigenvalue weighted by atomic mass is 10.2. The molecular formula is C14H14N4O2S2. The van der Waals surface area contributed by atoms with Crippen LogP contribution in [0.15, 0.2) is 14.4 Å². The second-order valence-corrected chi connectivity index (χ2v) is 7.33. The smallest absolute Gasteiger partial charge is 0.262 e. The van der Waals surface area contributed by atoms with Crippen LogP contribution in [0.3, 0.4) is 0 Å². The lowest BCUT2D eigenvalue weighted by molar-refractivity contribution is 0.485. The first-order valence-corrected chi connectivity index (χ1v) is 8.87. The van der Waals surface area contributed by atoms with Gasteiger partial charge in [-0.25, -0.2) is 4.98 Å². The van der Waals surface area contributed by atoms with E-state index in [0.717, 1.165) is 29.5 Å². The second-order valence-electron chi connectivity index (χ2n) is 5.30. The topological polar surface area (TPSA) is 73.8 Å². The van der Waals surface area contributed by atoms with Gasteiger partial charge in [-0.1, -0.05) is 11.8 Å². The minimum atomic E-state index is 0.0496. The van der Waals surface area contributed by atoms with Gasteiger partial charge in [-0.3, -0.25) is 9.36 Å². The Kier molecular flexibility index (Phi) is 3.30. The first-order valence-electron chi connectivity index (χ1n) is 7.06. The number of aryl methyl sites for hydroxylation is 3. The molecule has 0 spiro atoms. The van der Waals surface area contributed by atoms with Crippen molar-refractivity contribution < 1.29 is 4.42 Å². The minimum absolute atomic E-state index is 0.0496. The summed E-state index contributed by atoms with van der Waals surface area (Å²) < 4.78 is 6.98. The van der Waals surface area contributed by atoms with Crippen molar-refractivity contribution in [1.82, 2.24) is 19.7 Å². The highest BCUT2D eigenvalue weighted by Gasteiger charge is 2.22. The highest BCUT2D eigenvalue weighted by atomic mass is 32.2. The normalized spacial score (nSPS) is 13.9. The van der Waals surface area contributed by atoms with Gasteiger partial charge in [0.25, 0.3) is 5.56 Å². The van der Waals surface area contributed by atoms with Crippen molar-refractivity contribution in [3.8, 4) is 0 Å². The monoisotopic (exact) mass is 334 g/mol. The number of thioether (sulfide) groups is 1. The van der Waals surface area contributed by atoms with Crippen LogP contribution < -0.4 is 5.56 Å². The van der Waals surface area contributed by atoms with E-state index >= 15 is 0 Å². The molecule has 0 fully saturated rings. The molecule has 0 saturated heterocycles. The summed E-state index contributed by atoms with van der Waals surface area (Å²) in [6, 6.07) is 0. The molecule has 6 nitrogen and oxygen atoms in total. The maximum Gasteiger partial charge on any atom is 0.262 e. The van der Waals surface area contributed by atoms with Crippen LogP contribution in [0, 0.1) is 6.92 Å². The molecule has 0 atom stereocenters. The first-order chi connectivity index (χ1) is 10.6. The van der Waals surface area contributed by atoms with Crippen LogP contribution in [0.2, 0.25) is 0 Å². The largest absolute Gasteiger partial charge is 0.425 e. The molecule has 1 aliphatic carbocycles. The molecule has 22 heavy (non-hydrogen) atoms. The summed E-state index contributed by atoms with van der Waals surface area (Å²) in [5, 5.41) is 9.28. The standard InChI is InChI=1S/C14H14N4O2S2/c1-7-16-17-10(20-7)6-21-14-15-12-11(13(19)18(14)2)8-4-3-5-9(8)22-12/h3-6H2,1-2H3. The highest BCUT2D eigenvalue weighted by Crippen LogP contribution is 2.35. The molecule has 0 aromatic carbocycles. The first kappa shape index (κ1) is 14.0. The van der Waals surface area contributed by atoms with E-state index in [-0.39, 0.29) is 5.56 Å². The number of hydrogen-bond acceptors (Lipinski definition) is 7. The van der Waals surface area contributed by atoms with Crippen LogP contribution in [-0.4, -0.2) is 19.7 Å². The van der Waals surface area contributed by atoms with Crippen molar-refractivity contribution in [1.29, 1.82) is 0 Å². The van der Waals surface area contributed by atoms with Gasteiger partial charge in [0.1, 0.15) is 4.83 Å². The molecule has 0 unspecified atom stereocenters. The van der Waals surface area contributed by atoms with Crippen LogP contribution in [0.25, 0.3) is 10.2 Å². The van der Waals surface area contributed by atoms with Crippen LogP contribution >= 0.6 is 23.1 Å². The molecule has 8 heteroatoms. The van der Waals surface area contributed by atoms with E-state index in [4.69, 9.17) is 4.42 Å². The molecule has 3 aromatic heterocycles. The lowest BCUT2D eigenvalue weighted by Crippen LogP contribution is -2.20. The number of fused-ring (bicyclic) bond motifs is 3. The van der Waals surface area contributed by atoms with Crippen LogP contribution in [-0.2, 0) is 25.6 Å². The molecule has 0 aliphatic heterocycles. The van der Waals surface area contributed by atoms with Gasteiger partial charge in [-0.2, -0.15) is 0 Å². The predicted octanol–water partition coefficient (Wildman–Crippen LogP) is 2.47. The molecular weight excluding hydrogens is 320 g/mol. The number of aromatic nitrogens is 4. The molecule has 0 radical (unpaired) electrons. The third-order valence-electron chi connectivity index (χ3n) is 3.80. The molecule has 4 rings (SSSR count). The summed E-state index contributed by atoms with van der Waals surface area (Å²) in [6.07, 6.45) is 3.22. The fraction of sp³-hybridized carbons (Fsp3) is 0.429. The van der Waals surface area contributed by atoms with Gasteiger partial charge in [0, 0.05) is 18.8 Å². The van der Waals surface area contributed by atoms with Crippen molar-refractivity contribution >= 4 is 33.3 Å². The van der Waals surface area contributed by atoms with Gasteiger partial charge in [-0.15, -0.1) is 21.5 Å². The van der Waals surface area contributed by atoms with E-state index in [2.05, 4.69) is 15.2 Å². The van der Waals surface area contributed by atoms with Gasteiger partial charge in [0.2, 0.25) is 11.8 Å². The fourth-order valence-electron chi connectivity index (χ4n) is 2.76. The molecule has 0 saturated carbocycles. The average molecular weight is 334 g/mol. The third-order valence-corrected chi connectivity index (χ3v) is 6.00. The molecule has 114 valence electrons. The van der Waals surface area contributed by atoms with E-state index in [1.165, 1.54) is 22.2 Å². The maximum absolute atomic E-state index is 12.7. The van der Waals surface area contributed by atoms with E-state index < -0.39 is 0 Å². The van der Waals surface area contributed by atoms with E-state index in [1.54, 1.807) is 29.9 Å². The molecule has 3 aromatic rings. The van der Waals surface area contributed by atoms with Gasteiger partial charge in [-0.05, 0) is 24.8 Å². The molecule has 0 N–H and O–H groups in total. The number of hydrogen-bond donors (Lipinski definition) is 0. The Bertz CT molecular complexity index is 925. The van der Waals surface area contributed by atoms with Crippen LogP contribution in [0.4, 0.5) is 0 Å². The predicted molar refractivity (Wildman–Crippen MR) is 85.5 cm³/mol.